The minimum atomic E-state index is -0.345. The van der Waals surface area contributed by atoms with Crippen LogP contribution in [0.25, 0.3) is 0 Å². The van der Waals surface area contributed by atoms with Gasteiger partial charge in [-0.1, -0.05) is 56.3 Å². The fourth-order valence-electron chi connectivity index (χ4n) is 3.54. The van der Waals surface area contributed by atoms with Crippen LogP contribution in [0.2, 0.25) is 10.0 Å². The van der Waals surface area contributed by atoms with Crippen LogP contribution < -0.4 is 5.32 Å². The molecule has 0 aromatic heterocycles. The van der Waals surface area contributed by atoms with Gasteiger partial charge in [0.1, 0.15) is 0 Å². The first kappa shape index (κ1) is 23.4. The number of anilines is 1. The van der Waals surface area contributed by atoms with E-state index in [1.165, 1.54) is 11.3 Å². The molecule has 0 saturated heterocycles. The zero-order valence-electron chi connectivity index (χ0n) is 17.1. The van der Waals surface area contributed by atoms with Gasteiger partial charge >= 0.3 is 0 Å². The third kappa shape index (κ3) is 6.04. The van der Waals surface area contributed by atoms with E-state index < -0.39 is 0 Å². The Morgan fingerprint density at radius 3 is 2.32 bits per heavy atom. The zero-order valence-corrected chi connectivity index (χ0v) is 19.4. The van der Waals surface area contributed by atoms with Gasteiger partial charge < -0.3 is 10.2 Å². The fraction of sp³-hybridized carbons (Fsp3) is 0.619. The summed E-state index contributed by atoms with van der Waals surface area (Å²) in [7, 11) is 3.38. The number of carbonyl (C=O) groups excluding carboxylic acids is 2. The standard InChI is InChI=1S/C21H30Cl2N2O2S/c1-14(2)8-11-21(9-6-5-7-10-21)19(26)24-17-12-15(22)16(23)13-18(17)28-20(27)25(3)4/h12-14H,5-11H2,1-4H3,(H,24,26). The Kier molecular flexibility index (Phi) is 8.53. The average molecular weight is 445 g/mol. The summed E-state index contributed by atoms with van der Waals surface area (Å²) in [4.78, 5) is 27.7. The third-order valence-corrected chi connectivity index (χ3v) is 7.15. The van der Waals surface area contributed by atoms with Gasteiger partial charge in [-0.2, -0.15) is 0 Å². The molecule has 1 aromatic rings. The van der Waals surface area contributed by atoms with E-state index in [2.05, 4.69) is 19.2 Å². The van der Waals surface area contributed by atoms with Gasteiger partial charge in [0, 0.05) is 24.4 Å². The van der Waals surface area contributed by atoms with Gasteiger partial charge in [-0.05, 0) is 55.5 Å². The Morgan fingerprint density at radius 2 is 1.75 bits per heavy atom. The normalized spacial score (nSPS) is 16.1. The largest absolute Gasteiger partial charge is 0.339 e. The predicted octanol–water partition coefficient (Wildman–Crippen LogP) is 7.09. The van der Waals surface area contributed by atoms with Crippen LogP contribution in [0.4, 0.5) is 10.5 Å². The summed E-state index contributed by atoms with van der Waals surface area (Å²) in [5.41, 5.74) is 0.205. The van der Waals surface area contributed by atoms with E-state index in [0.717, 1.165) is 50.3 Å². The van der Waals surface area contributed by atoms with Crippen molar-refractivity contribution in [1.82, 2.24) is 4.90 Å². The molecule has 0 unspecified atom stereocenters. The highest BCUT2D eigenvalue weighted by Gasteiger charge is 2.39. The van der Waals surface area contributed by atoms with Crippen molar-refractivity contribution in [2.45, 2.75) is 63.7 Å². The number of nitrogens with zero attached hydrogens (tertiary/aromatic N) is 1. The van der Waals surface area contributed by atoms with Gasteiger partial charge in [0.25, 0.3) is 5.24 Å². The van der Waals surface area contributed by atoms with Crippen molar-refractivity contribution < 1.29 is 9.59 Å². The molecule has 1 fully saturated rings. The smallest absolute Gasteiger partial charge is 0.286 e. The van der Waals surface area contributed by atoms with Gasteiger partial charge in [-0.15, -0.1) is 0 Å². The molecule has 1 aromatic carbocycles. The van der Waals surface area contributed by atoms with Crippen molar-refractivity contribution >= 4 is 51.8 Å². The van der Waals surface area contributed by atoms with Crippen LogP contribution in [0.1, 0.15) is 58.8 Å². The van der Waals surface area contributed by atoms with E-state index in [0.29, 0.717) is 26.5 Å². The molecule has 0 spiro atoms. The summed E-state index contributed by atoms with van der Waals surface area (Å²) in [6.45, 7) is 4.38. The number of rotatable bonds is 6. The highest BCUT2D eigenvalue weighted by atomic mass is 35.5. The first-order valence-corrected chi connectivity index (χ1v) is 11.4. The molecule has 0 aliphatic heterocycles. The van der Waals surface area contributed by atoms with Crippen LogP contribution >= 0.6 is 35.0 Å². The third-order valence-electron chi connectivity index (χ3n) is 5.33. The van der Waals surface area contributed by atoms with Gasteiger partial charge in [0.2, 0.25) is 5.91 Å². The minimum Gasteiger partial charge on any atom is -0.339 e. The van der Waals surface area contributed by atoms with Crippen molar-refractivity contribution in [2.24, 2.45) is 11.3 Å². The molecule has 1 aliphatic rings. The lowest BCUT2D eigenvalue weighted by molar-refractivity contribution is -0.128. The lowest BCUT2D eigenvalue weighted by Gasteiger charge is -2.36. The number of nitrogens with one attached hydrogen (secondary N) is 1. The number of carbonyl (C=O) groups is 2. The van der Waals surface area contributed by atoms with Gasteiger partial charge in [0.15, 0.2) is 0 Å². The number of hydrogen-bond acceptors (Lipinski definition) is 3. The molecule has 1 N–H and O–H groups in total. The van der Waals surface area contributed by atoms with E-state index in [1.807, 2.05) is 0 Å². The van der Waals surface area contributed by atoms with Crippen LogP contribution in [0.5, 0.6) is 0 Å². The van der Waals surface area contributed by atoms with Crippen molar-refractivity contribution in [3.05, 3.63) is 22.2 Å². The lowest BCUT2D eigenvalue weighted by Crippen LogP contribution is -2.38. The summed E-state index contributed by atoms with van der Waals surface area (Å²) >= 11 is 13.4. The highest BCUT2D eigenvalue weighted by molar-refractivity contribution is 8.13. The number of thioether (sulfide) groups is 1. The van der Waals surface area contributed by atoms with E-state index in [-0.39, 0.29) is 16.6 Å². The predicted molar refractivity (Wildman–Crippen MR) is 120 cm³/mol. The molecule has 1 aliphatic carbocycles. The monoisotopic (exact) mass is 444 g/mol. The number of halogens is 2. The maximum absolute atomic E-state index is 13.4. The summed E-state index contributed by atoms with van der Waals surface area (Å²) in [5, 5.41) is 3.67. The average Bonchev–Trinajstić information content (AvgIpc) is 2.64. The summed E-state index contributed by atoms with van der Waals surface area (Å²) in [6.07, 6.45) is 7.06. The summed E-state index contributed by atoms with van der Waals surface area (Å²) < 4.78 is 0. The minimum absolute atomic E-state index is 0.0328. The molecule has 0 atom stereocenters. The van der Waals surface area contributed by atoms with Crippen molar-refractivity contribution in [1.29, 1.82) is 0 Å². The van der Waals surface area contributed by atoms with E-state index in [9.17, 15) is 9.59 Å². The second-order valence-electron chi connectivity index (χ2n) is 8.25. The molecule has 7 heteroatoms. The molecular formula is C21H30Cl2N2O2S. The van der Waals surface area contributed by atoms with Gasteiger partial charge in [-0.25, -0.2) is 0 Å². The van der Waals surface area contributed by atoms with Crippen LogP contribution in [0.15, 0.2) is 17.0 Å². The Morgan fingerprint density at radius 1 is 1.14 bits per heavy atom. The van der Waals surface area contributed by atoms with Crippen LogP contribution in [-0.2, 0) is 4.79 Å². The molecule has 0 bridgehead atoms. The fourth-order valence-corrected chi connectivity index (χ4v) is 4.69. The first-order chi connectivity index (χ1) is 13.1. The maximum atomic E-state index is 13.4. The van der Waals surface area contributed by atoms with Crippen molar-refractivity contribution in [3.63, 3.8) is 0 Å². The van der Waals surface area contributed by atoms with E-state index >= 15 is 0 Å². The number of benzene rings is 1. The number of amides is 2. The zero-order chi connectivity index (χ0) is 20.9. The molecule has 156 valence electrons. The maximum Gasteiger partial charge on any atom is 0.286 e. The lowest BCUT2D eigenvalue weighted by atomic mass is 9.69. The quantitative estimate of drug-likeness (QED) is 0.476. The highest BCUT2D eigenvalue weighted by Crippen LogP contribution is 2.43. The molecule has 28 heavy (non-hydrogen) atoms. The molecule has 4 nitrogen and oxygen atoms in total. The molecule has 0 radical (unpaired) electrons. The summed E-state index contributed by atoms with van der Waals surface area (Å²) in [6, 6.07) is 3.29. The van der Waals surface area contributed by atoms with Crippen molar-refractivity contribution in [2.75, 3.05) is 19.4 Å². The Balaban J connectivity index is 2.29. The van der Waals surface area contributed by atoms with Gasteiger partial charge in [-0.3, -0.25) is 9.59 Å². The van der Waals surface area contributed by atoms with Crippen LogP contribution in [-0.4, -0.2) is 30.1 Å². The first-order valence-electron chi connectivity index (χ1n) is 9.84. The van der Waals surface area contributed by atoms with Gasteiger partial charge in [0.05, 0.1) is 15.7 Å². The molecule has 2 rings (SSSR count). The Labute approximate surface area is 182 Å². The van der Waals surface area contributed by atoms with Crippen LogP contribution in [0.3, 0.4) is 0 Å². The molecular weight excluding hydrogens is 415 g/mol. The SMILES string of the molecule is CC(C)CCC1(C(=O)Nc2cc(Cl)c(Cl)cc2SC(=O)N(C)C)CCCCC1. The molecule has 0 heterocycles. The topological polar surface area (TPSA) is 49.4 Å². The second kappa shape index (κ2) is 10.2. The Bertz CT molecular complexity index is 717. The number of hydrogen-bond donors (Lipinski definition) is 1. The van der Waals surface area contributed by atoms with Crippen molar-refractivity contribution in [3.8, 4) is 0 Å². The van der Waals surface area contributed by atoms with E-state index in [1.54, 1.807) is 26.2 Å². The summed E-state index contributed by atoms with van der Waals surface area (Å²) in [5.74, 6) is 0.589. The van der Waals surface area contributed by atoms with E-state index in [4.69, 9.17) is 23.2 Å². The molecule has 2 amide bonds. The Hall–Kier alpha value is -0.910. The second-order valence-corrected chi connectivity index (χ2v) is 10.1. The van der Waals surface area contributed by atoms with Crippen LogP contribution in [0, 0.1) is 11.3 Å². The molecule has 1 saturated carbocycles.